The van der Waals surface area contributed by atoms with Crippen molar-refractivity contribution in [2.45, 2.75) is 24.0 Å². The predicted octanol–water partition coefficient (Wildman–Crippen LogP) is 2.05. The number of nitrogens with two attached hydrogens (primary N) is 1. The highest BCUT2D eigenvalue weighted by atomic mass is 32.2. The van der Waals surface area contributed by atoms with Gasteiger partial charge >= 0.3 is 0 Å². The lowest BCUT2D eigenvalue weighted by Crippen LogP contribution is -2.32. The molecular weight excluding hydrogens is 260 g/mol. The largest absolute Gasteiger partial charge is 0.493 e. The number of hydrogen-bond acceptors (Lipinski definition) is 4. The molecule has 0 atom stereocenters. The fraction of sp³-hybridized carbons (Fsp3) is 0.500. The number of carbonyl (C=O) groups excluding carboxylic acids is 1. The van der Waals surface area contributed by atoms with E-state index in [1.165, 1.54) is 12.8 Å². The molecule has 0 heterocycles. The van der Waals surface area contributed by atoms with Gasteiger partial charge in [0.05, 0.1) is 13.0 Å². The second-order valence-corrected chi connectivity index (χ2v) is 6.11. The minimum atomic E-state index is 0.0456. The fourth-order valence-electron chi connectivity index (χ4n) is 1.81. The van der Waals surface area contributed by atoms with Crippen LogP contribution in [-0.4, -0.2) is 30.1 Å². The van der Waals surface area contributed by atoms with E-state index in [1.54, 1.807) is 12.1 Å². The van der Waals surface area contributed by atoms with E-state index in [0.29, 0.717) is 29.2 Å². The van der Waals surface area contributed by atoms with Crippen LogP contribution >= 0.6 is 11.8 Å². The zero-order chi connectivity index (χ0) is 13.7. The molecule has 104 valence electrons. The van der Waals surface area contributed by atoms with Crippen molar-refractivity contribution in [1.29, 1.82) is 0 Å². The second kappa shape index (κ2) is 6.19. The Balaban J connectivity index is 1.64. The average Bonchev–Trinajstić information content (AvgIpc) is 3.17. The van der Waals surface area contributed by atoms with Gasteiger partial charge in [0.2, 0.25) is 5.91 Å². The highest BCUT2D eigenvalue weighted by Crippen LogP contribution is 2.46. The van der Waals surface area contributed by atoms with Crippen LogP contribution in [-0.2, 0) is 4.79 Å². The Bertz CT molecular complexity index is 447. The molecule has 1 fully saturated rings. The van der Waals surface area contributed by atoms with Crippen LogP contribution in [0.5, 0.6) is 5.75 Å². The summed E-state index contributed by atoms with van der Waals surface area (Å²) in [5.41, 5.74) is 6.31. The molecule has 1 amide bonds. The SMILES string of the molecule is CSC1(CNC(=O)CCOc2cccc(N)c2)CC1. The van der Waals surface area contributed by atoms with Crippen molar-refractivity contribution in [3.63, 3.8) is 0 Å². The molecule has 4 nitrogen and oxygen atoms in total. The van der Waals surface area contributed by atoms with Crippen LogP contribution in [0.15, 0.2) is 24.3 Å². The Morgan fingerprint density at radius 3 is 2.95 bits per heavy atom. The third-order valence-electron chi connectivity index (χ3n) is 3.30. The first kappa shape index (κ1) is 14.1. The van der Waals surface area contributed by atoms with E-state index in [0.717, 1.165) is 6.54 Å². The molecule has 1 aromatic rings. The van der Waals surface area contributed by atoms with Gasteiger partial charge in [-0.25, -0.2) is 0 Å². The third kappa shape index (κ3) is 4.35. The summed E-state index contributed by atoms with van der Waals surface area (Å²) >= 11 is 1.84. The standard InChI is InChI=1S/C14H20N2O2S/c1-19-14(6-7-14)10-16-13(17)5-8-18-12-4-2-3-11(15)9-12/h2-4,9H,5-8,10,15H2,1H3,(H,16,17). The highest BCUT2D eigenvalue weighted by molar-refractivity contribution is 8.00. The first-order valence-corrected chi connectivity index (χ1v) is 7.66. The van der Waals surface area contributed by atoms with Crippen LogP contribution in [0, 0.1) is 0 Å². The normalized spacial score (nSPS) is 15.8. The van der Waals surface area contributed by atoms with Crippen molar-refractivity contribution in [3.8, 4) is 5.75 Å². The Hall–Kier alpha value is -1.36. The molecule has 0 radical (unpaired) electrons. The van der Waals surface area contributed by atoms with Gasteiger partial charge in [-0.3, -0.25) is 4.79 Å². The van der Waals surface area contributed by atoms with Crippen LogP contribution in [0.2, 0.25) is 0 Å². The fourth-order valence-corrected chi connectivity index (χ4v) is 2.53. The van der Waals surface area contributed by atoms with Crippen molar-refractivity contribution in [3.05, 3.63) is 24.3 Å². The monoisotopic (exact) mass is 280 g/mol. The zero-order valence-electron chi connectivity index (χ0n) is 11.1. The maximum Gasteiger partial charge on any atom is 0.223 e. The number of thioether (sulfide) groups is 1. The lowest BCUT2D eigenvalue weighted by Gasteiger charge is -2.13. The van der Waals surface area contributed by atoms with E-state index in [2.05, 4.69) is 11.6 Å². The first-order chi connectivity index (χ1) is 9.13. The number of benzene rings is 1. The van der Waals surface area contributed by atoms with Crippen molar-refractivity contribution in [2.24, 2.45) is 0 Å². The molecule has 3 N–H and O–H groups in total. The minimum Gasteiger partial charge on any atom is -0.493 e. The first-order valence-electron chi connectivity index (χ1n) is 6.44. The number of ether oxygens (including phenoxy) is 1. The summed E-state index contributed by atoms with van der Waals surface area (Å²) in [4.78, 5) is 11.7. The molecule has 0 aromatic heterocycles. The van der Waals surface area contributed by atoms with Gasteiger partial charge in [0.15, 0.2) is 0 Å². The van der Waals surface area contributed by atoms with Gasteiger partial charge in [0, 0.05) is 23.0 Å². The number of amides is 1. The quantitative estimate of drug-likeness (QED) is 0.750. The molecule has 19 heavy (non-hydrogen) atoms. The Morgan fingerprint density at radius 2 is 2.32 bits per heavy atom. The number of rotatable bonds is 7. The summed E-state index contributed by atoms with van der Waals surface area (Å²) in [6, 6.07) is 7.23. The highest BCUT2D eigenvalue weighted by Gasteiger charge is 2.41. The van der Waals surface area contributed by atoms with E-state index < -0.39 is 0 Å². The summed E-state index contributed by atoms with van der Waals surface area (Å²) in [5.74, 6) is 0.750. The Labute approximate surface area is 118 Å². The number of carbonyl (C=O) groups is 1. The van der Waals surface area contributed by atoms with E-state index in [4.69, 9.17) is 10.5 Å². The topological polar surface area (TPSA) is 64.3 Å². The average molecular weight is 280 g/mol. The molecule has 2 rings (SSSR count). The minimum absolute atomic E-state index is 0.0456. The van der Waals surface area contributed by atoms with Crippen molar-refractivity contribution in [1.82, 2.24) is 5.32 Å². The molecule has 5 heteroatoms. The van der Waals surface area contributed by atoms with Crippen molar-refractivity contribution in [2.75, 3.05) is 25.1 Å². The summed E-state index contributed by atoms with van der Waals surface area (Å²) in [5, 5.41) is 2.97. The smallest absolute Gasteiger partial charge is 0.223 e. The van der Waals surface area contributed by atoms with E-state index >= 15 is 0 Å². The van der Waals surface area contributed by atoms with E-state index in [1.807, 2.05) is 23.9 Å². The third-order valence-corrected chi connectivity index (χ3v) is 4.72. The summed E-state index contributed by atoms with van der Waals surface area (Å²) in [6.07, 6.45) is 4.88. The van der Waals surface area contributed by atoms with Crippen LogP contribution in [0.4, 0.5) is 5.69 Å². The Kier molecular flexibility index (Phi) is 4.58. The number of hydrogen-bond donors (Lipinski definition) is 2. The van der Waals surface area contributed by atoms with Gasteiger partial charge in [-0.1, -0.05) is 6.07 Å². The lowest BCUT2D eigenvalue weighted by atomic mass is 10.3. The van der Waals surface area contributed by atoms with Gasteiger partial charge in [0.25, 0.3) is 0 Å². The molecule has 1 aromatic carbocycles. The molecule has 1 aliphatic rings. The van der Waals surface area contributed by atoms with Crippen LogP contribution in [0.25, 0.3) is 0 Å². The maximum atomic E-state index is 11.7. The molecule has 0 spiro atoms. The number of anilines is 1. The predicted molar refractivity (Wildman–Crippen MR) is 79.5 cm³/mol. The van der Waals surface area contributed by atoms with Gasteiger partial charge in [0.1, 0.15) is 5.75 Å². The molecule has 0 aliphatic heterocycles. The van der Waals surface area contributed by atoms with Crippen LogP contribution < -0.4 is 15.8 Å². The summed E-state index contributed by atoms with van der Waals surface area (Å²) < 4.78 is 5.80. The number of nitrogens with one attached hydrogen (secondary N) is 1. The summed E-state index contributed by atoms with van der Waals surface area (Å²) in [7, 11) is 0. The van der Waals surface area contributed by atoms with Crippen LogP contribution in [0.1, 0.15) is 19.3 Å². The van der Waals surface area contributed by atoms with E-state index in [9.17, 15) is 4.79 Å². The van der Waals surface area contributed by atoms with Crippen molar-refractivity contribution < 1.29 is 9.53 Å². The lowest BCUT2D eigenvalue weighted by molar-refractivity contribution is -0.121. The molecule has 0 unspecified atom stereocenters. The summed E-state index contributed by atoms with van der Waals surface area (Å²) in [6.45, 7) is 1.15. The number of nitrogen functional groups attached to an aromatic ring is 1. The van der Waals surface area contributed by atoms with Gasteiger partial charge in [-0.05, 0) is 31.2 Å². The molecule has 0 saturated heterocycles. The van der Waals surface area contributed by atoms with E-state index in [-0.39, 0.29) is 5.91 Å². The van der Waals surface area contributed by atoms with Gasteiger partial charge in [-0.15, -0.1) is 0 Å². The van der Waals surface area contributed by atoms with Gasteiger partial charge in [-0.2, -0.15) is 11.8 Å². The zero-order valence-corrected chi connectivity index (χ0v) is 12.0. The molecule has 1 saturated carbocycles. The van der Waals surface area contributed by atoms with Crippen molar-refractivity contribution >= 4 is 23.4 Å². The molecule has 1 aliphatic carbocycles. The Morgan fingerprint density at radius 1 is 1.53 bits per heavy atom. The molecule has 0 bridgehead atoms. The second-order valence-electron chi connectivity index (χ2n) is 4.83. The maximum absolute atomic E-state index is 11.7. The van der Waals surface area contributed by atoms with Gasteiger partial charge < -0.3 is 15.8 Å². The molecular formula is C14H20N2O2S. The van der Waals surface area contributed by atoms with Crippen LogP contribution in [0.3, 0.4) is 0 Å².